The third-order valence-corrected chi connectivity index (χ3v) is 4.77. The first-order chi connectivity index (χ1) is 11.9. The van der Waals surface area contributed by atoms with Gasteiger partial charge >= 0.3 is 0 Å². The Balaban J connectivity index is 1.89. The minimum absolute atomic E-state index is 0.168. The van der Waals surface area contributed by atoms with Gasteiger partial charge in [-0.2, -0.15) is 10.2 Å². The van der Waals surface area contributed by atoms with E-state index in [2.05, 4.69) is 36.5 Å². The second-order valence-corrected chi connectivity index (χ2v) is 6.71. The van der Waals surface area contributed by atoms with Gasteiger partial charge in [-0.3, -0.25) is 14.6 Å². The number of H-pyrrole nitrogens is 1. The molecule has 6 nitrogen and oxygen atoms in total. The number of aryl methyl sites for hydroxylation is 1. The molecule has 3 rings (SSSR count). The van der Waals surface area contributed by atoms with Crippen LogP contribution in [0.1, 0.15) is 27.4 Å². The fourth-order valence-electron chi connectivity index (χ4n) is 2.47. The van der Waals surface area contributed by atoms with Gasteiger partial charge in [0, 0.05) is 10.6 Å². The van der Waals surface area contributed by atoms with Gasteiger partial charge in [0.1, 0.15) is 11.5 Å². The predicted molar refractivity (Wildman–Crippen MR) is 96.5 cm³/mol. The highest BCUT2D eigenvalue weighted by Crippen LogP contribution is 2.25. The van der Waals surface area contributed by atoms with E-state index in [4.69, 9.17) is 11.6 Å². The number of halogens is 3. The number of aromatic nitrogens is 4. The molecule has 0 spiro atoms. The van der Waals surface area contributed by atoms with Gasteiger partial charge in [-0.15, -0.1) is 0 Å². The summed E-state index contributed by atoms with van der Waals surface area (Å²) in [5.74, 6) is -0.744. The molecule has 0 saturated carbocycles. The number of nitrogens with one attached hydrogen (secondary N) is 2. The van der Waals surface area contributed by atoms with Gasteiger partial charge in [-0.25, -0.2) is 4.39 Å². The zero-order chi connectivity index (χ0) is 18.1. The SMILES string of the molecule is Cc1nn(Cc2c(F)cccc2Cl)c(C)c1NC(=O)c1[nH]ncc1Br. The molecular formula is C16H14BrClFN5O. The second kappa shape index (κ2) is 6.97. The van der Waals surface area contributed by atoms with Crippen molar-refractivity contribution in [1.82, 2.24) is 20.0 Å². The van der Waals surface area contributed by atoms with Crippen LogP contribution in [0.15, 0.2) is 28.9 Å². The Labute approximate surface area is 156 Å². The van der Waals surface area contributed by atoms with Crippen LogP contribution in [0.2, 0.25) is 5.02 Å². The van der Waals surface area contributed by atoms with Crippen molar-refractivity contribution in [3.8, 4) is 0 Å². The van der Waals surface area contributed by atoms with Crippen molar-refractivity contribution in [2.24, 2.45) is 0 Å². The number of benzene rings is 1. The summed E-state index contributed by atoms with van der Waals surface area (Å²) < 4.78 is 16.2. The van der Waals surface area contributed by atoms with Crippen molar-refractivity contribution in [3.63, 3.8) is 0 Å². The van der Waals surface area contributed by atoms with Gasteiger partial charge < -0.3 is 5.32 Å². The van der Waals surface area contributed by atoms with E-state index >= 15 is 0 Å². The molecule has 130 valence electrons. The van der Waals surface area contributed by atoms with Crippen molar-refractivity contribution < 1.29 is 9.18 Å². The number of carbonyl (C=O) groups is 1. The number of carbonyl (C=O) groups excluding carboxylic acids is 1. The van der Waals surface area contributed by atoms with Crippen LogP contribution in [-0.4, -0.2) is 25.9 Å². The highest BCUT2D eigenvalue weighted by molar-refractivity contribution is 9.10. The zero-order valence-electron chi connectivity index (χ0n) is 13.4. The average molecular weight is 427 g/mol. The minimum atomic E-state index is -0.396. The van der Waals surface area contributed by atoms with Crippen molar-refractivity contribution >= 4 is 39.1 Å². The maximum atomic E-state index is 14.0. The van der Waals surface area contributed by atoms with Gasteiger partial charge in [0.25, 0.3) is 5.91 Å². The number of aromatic amines is 1. The van der Waals surface area contributed by atoms with Crippen molar-refractivity contribution in [2.45, 2.75) is 20.4 Å². The minimum Gasteiger partial charge on any atom is -0.317 e. The Kier molecular flexibility index (Phi) is 4.91. The Morgan fingerprint density at radius 3 is 2.84 bits per heavy atom. The molecule has 2 N–H and O–H groups in total. The van der Waals surface area contributed by atoms with Crippen LogP contribution in [0.3, 0.4) is 0 Å². The van der Waals surface area contributed by atoms with E-state index in [-0.39, 0.29) is 12.5 Å². The molecule has 0 aliphatic heterocycles. The lowest BCUT2D eigenvalue weighted by Gasteiger charge is -2.09. The Morgan fingerprint density at radius 2 is 2.20 bits per heavy atom. The van der Waals surface area contributed by atoms with Gasteiger partial charge in [-0.1, -0.05) is 17.7 Å². The van der Waals surface area contributed by atoms with E-state index in [0.717, 1.165) is 0 Å². The van der Waals surface area contributed by atoms with Crippen LogP contribution in [0.5, 0.6) is 0 Å². The fourth-order valence-corrected chi connectivity index (χ4v) is 3.07. The maximum absolute atomic E-state index is 14.0. The molecule has 0 radical (unpaired) electrons. The summed E-state index contributed by atoms with van der Waals surface area (Å²) >= 11 is 9.33. The van der Waals surface area contributed by atoms with Gasteiger partial charge in [0.15, 0.2) is 0 Å². The predicted octanol–water partition coefficient (Wildman–Crippen LogP) is 4.08. The first kappa shape index (κ1) is 17.6. The number of hydrogen-bond acceptors (Lipinski definition) is 3. The first-order valence-electron chi connectivity index (χ1n) is 7.35. The van der Waals surface area contributed by atoms with Crippen LogP contribution < -0.4 is 5.32 Å². The van der Waals surface area contributed by atoms with Gasteiger partial charge in [0.2, 0.25) is 0 Å². The Morgan fingerprint density at radius 1 is 1.44 bits per heavy atom. The monoisotopic (exact) mass is 425 g/mol. The maximum Gasteiger partial charge on any atom is 0.274 e. The number of hydrogen-bond donors (Lipinski definition) is 2. The zero-order valence-corrected chi connectivity index (χ0v) is 15.7. The molecular weight excluding hydrogens is 413 g/mol. The normalized spacial score (nSPS) is 10.9. The fraction of sp³-hybridized carbons (Fsp3) is 0.188. The summed E-state index contributed by atoms with van der Waals surface area (Å²) in [5, 5.41) is 13.9. The van der Waals surface area contributed by atoms with Gasteiger partial charge in [-0.05, 0) is 41.9 Å². The molecule has 25 heavy (non-hydrogen) atoms. The lowest BCUT2D eigenvalue weighted by Crippen LogP contribution is -2.14. The summed E-state index contributed by atoms with van der Waals surface area (Å²) in [6.07, 6.45) is 1.50. The van der Waals surface area contributed by atoms with E-state index in [9.17, 15) is 9.18 Å². The second-order valence-electron chi connectivity index (χ2n) is 5.45. The smallest absolute Gasteiger partial charge is 0.274 e. The molecule has 0 saturated heterocycles. The number of nitrogens with zero attached hydrogens (tertiary/aromatic N) is 3. The Bertz CT molecular complexity index is 932. The average Bonchev–Trinajstić information content (AvgIpc) is 3.09. The van der Waals surface area contributed by atoms with E-state index in [1.807, 2.05) is 0 Å². The van der Waals surface area contributed by atoms with Crippen LogP contribution in [-0.2, 0) is 6.54 Å². The van der Waals surface area contributed by atoms with Crippen LogP contribution >= 0.6 is 27.5 Å². The third kappa shape index (κ3) is 3.45. The molecule has 0 aliphatic rings. The van der Waals surface area contributed by atoms with E-state index in [1.165, 1.54) is 12.3 Å². The molecule has 0 unspecified atom stereocenters. The summed E-state index contributed by atoms with van der Waals surface area (Å²) in [6.45, 7) is 3.73. The van der Waals surface area contributed by atoms with Gasteiger partial charge in [0.05, 0.1) is 34.3 Å². The molecule has 3 aromatic rings. The lowest BCUT2D eigenvalue weighted by atomic mass is 10.2. The van der Waals surface area contributed by atoms with Crippen LogP contribution in [0, 0.1) is 19.7 Å². The largest absolute Gasteiger partial charge is 0.317 e. The molecule has 0 atom stereocenters. The molecule has 2 heterocycles. The summed E-state index contributed by atoms with van der Waals surface area (Å²) in [4.78, 5) is 12.3. The standard InChI is InChI=1S/C16H14BrClFN5O/c1-8-14(21-16(25)15-11(17)6-20-22-15)9(2)24(23-8)7-10-12(18)4-3-5-13(10)19/h3-6H,7H2,1-2H3,(H,20,22)(H,21,25). The van der Waals surface area contributed by atoms with E-state index in [1.54, 1.807) is 30.7 Å². The quantitative estimate of drug-likeness (QED) is 0.660. The molecule has 0 aliphatic carbocycles. The van der Waals surface area contributed by atoms with Crippen molar-refractivity contribution in [2.75, 3.05) is 5.32 Å². The lowest BCUT2D eigenvalue weighted by molar-refractivity contribution is 0.102. The molecule has 0 fully saturated rings. The topological polar surface area (TPSA) is 75.6 Å². The molecule has 0 bridgehead atoms. The Hall–Kier alpha value is -2.19. The number of rotatable bonds is 4. The molecule has 9 heteroatoms. The highest BCUT2D eigenvalue weighted by atomic mass is 79.9. The third-order valence-electron chi connectivity index (χ3n) is 3.81. The van der Waals surface area contributed by atoms with Crippen LogP contribution in [0.4, 0.5) is 10.1 Å². The molecule has 2 aromatic heterocycles. The van der Waals surface area contributed by atoms with Crippen LogP contribution in [0.25, 0.3) is 0 Å². The van der Waals surface area contributed by atoms with Crippen molar-refractivity contribution in [1.29, 1.82) is 0 Å². The molecule has 1 amide bonds. The van der Waals surface area contributed by atoms with E-state index < -0.39 is 5.82 Å². The van der Waals surface area contributed by atoms with Crippen molar-refractivity contribution in [3.05, 3.63) is 62.4 Å². The highest BCUT2D eigenvalue weighted by Gasteiger charge is 2.19. The number of amides is 1. The summed E-state index contributed by atoms with van der Waals surface area (Å²) in [7, 11) is 0. The molecule has 1 aromatic carbocycles. The van der Waals surface area contributed by atoms with E-state index in [0.29, 0.717) is 37.8 Å². The number of anilines is 1. The summed E-state index contributed by atoms with van der Waals surface area (Å²) in [6, 6.07) is 4.53. The first-order valence-corrected chi connectivity index (χ1v) is 8.52. The summed E-state index contributed by atoms with van der Waals surface area (Å²) in [5.41, 5.74) is 2.54.